The highest BCUT2D eigenvalue weighted by Gasteiger charge is 2.35. The quantitative estimate of drug-likeness (QED) is 0.443. The first-order valence-corrected chi connectivity index (χ1v) is 9.41. The number of anilines is 1. The van der Waals surface area contributed by atoms with Crippen molar-refractivity contribution in [2.75, 3.05) is 12.4 Å². The van der Waals surface area contributed by atoms with Gasteiger partial charge < -0.3 is 10.1 Å². The van der Waals surface area contributed by atoms with Crippen molar-refractivity contribution in [2.45, 2.75) is 12.7 Å². The summed E-state index contributed by atoms with van der Waals surface area (Å²) in [5.41, 5.74) is 0.347. The van der Waals surface area contributed by atoms with E-state index in [-0.39, 0.29) is 18.2 Å². The van der Waals surface area contributed by atoms with E-state index >= 15 is 0 Å². The van der Waals surface area contributed by atoms with Gasteiger partial charge in [0.05, 0.1) is 11.2 Å². The predicted molar refractivity (Wildman–Crippen MR) is 117 cm³/mol. The van der Waals surface area contributed by atoms with Crippen LogP contribution in [0.15, 0.2) is 48.9 Å². The van der Waals surface area contributed by atoms with E-state index in [1.165, 1.54) is 17.1 Å². The lowest BCUT2D eigenvalue weighted by Gasteiger charge is -2.08. The van der Waals surface area contributed by atoms with Crippen molar-refractivity contribution in [3.8, 4) is 11.6 Å². The molecule has 1 amide bonds. The zero-order chi connectivity index (χ0) is 22.9. The normalized spacial score (nSPS) is 11.3. The molecule has 0 radical (unpaired) electrons. The van der Waals surface area contributed by atoms with Gasteiger partial charge in [0.15, 0.2) is 5.82 Å². The van der Waals surface area contributed by atoms with Crippen LogP contribution in [0.25, 0.3) is 10.9 Å². The third-order valence-corrected chi connectivity index (χ3v) is 4.56. The smallest absolute Gasteiger partial charge is 0.433 e. The van der Waals surface area contributed by atoms with Gasteiger partial charge in [0.25, 0.3) is 0 Å². The molecule has 0 saturated carbocycles. The highest BCUT2D eigenvalue weighted by Crippen LogP contribution is 2.30. The second kappa shape index (κ2) is 9.46. The first-order chi connectivity index (χ1) is 15.2. The van der Waals surface area contributed by atoms with Gasteiger partial charge in [-0.25, -0.2) is 14.8 Å². The molecule has 4 aromatic rings. The molecule has 3 aromatic heterocycles. The number of ether oxygens (including phenoxy) is 1. The predicted octanol–water partition coefficient (Wildman–Crippen LogP) is 4.20. The summed E-state index contributed by atoms with van der Waals surface area (Å²) in [4.78, 5) is 20.8. The number of hydrogen-bond acceptors (Lipinski definition) is 6. The number of aryl methyl sites for hydroxylation is 1. The lowest BCUT2D eigenvalue weighted by molar-refractivity contribution is -0.143. The van der Waals surface area contributed by atoms with E-state index < -0.39 is 17.9 Å². The molecule has 0 aliphatic rings. The number of amides is 1. The minimum absolute atomic E-state index is 0. The van der Waals surface area contributed by atoms with E-state index in [2.05, 4.69) is 25.7 Å². The van der Waals surface area contributed by atoms with Gasteiger partial charge in [-0.2, -0.15) is 18.3 Å². The molecule has 0 saturated heterocycles. The molecule has 3 heterocycles. The van der Waals surface area contributed by atoms with Crippen LogP contribution in [0.2, 0.25) is 0 Å². The molecule has 4 rings (SSSR count). The van der Waals surface area contributed by atoms with Crippen LogP contribution in [0, 0.1) is 0 Å². The molecule has 9 nitrogen and oxygen atoms in total. The molecule has 0 spiro atoms. The van der Waals surface area contributed by atoms with Crippen LogP contribution in [-0.4, -0.2) is 37.4 Å². The third kappa shape index (κ3) is 5.23. The van der Waals surface area contributed by atoms with Crippen molar-refractivity contribution in [2.24, 2.45) is 7.05 Å². The molecule has 1 aromatic carbocycles. The molecule has 33 heavy (non-hydrogen) atoms. The number of nitrogens with one attached hydrogen (secondary N) is 2. The number of hydrogen-bond donors (Lipinski definition) is 2. The molecule has 0 bridgehead atoms. The zero-order valence-electron chi connectivity index (χ0n) is 17.4. The lowest BCUT2D eigenvalue weighted by atomic mass is 10.2. The lowest BCUT2D eigenvalue weighted by Crippen LogP contribution is -2.18. The Morgan fingerprint density at radius 1 is 1.15 bits per heavy atom. The van der Waals surface area contributed by atoms with Crippen LogP contribution in [0.4, 0.5) is 23.8 Å². The average Bonchev–Trinajstić information content (AvgIpc) is 3.31. The fourth-order valence-corrected chi connectivity index (χ4v) is 3.16. The van der Waals surface area contributed by atoms with E-state index in [0.29, 0.717) is 33.8 Å². The molecule has 0 atom stereocenters. The summed E-state index contributed by atoms with van der Waals surface area (Å²) in [7, 11) is 2.96. The van der Waals surface area contributed by atoms with Crippen LogP contribution in [0.5, 0.6) is 11.6 Å². The average molecular weight is 482 g/mol. The van der Waals surface area contributed by atoms with Gasteiger partial charge in [-0.1, -0.05) is 0 Å². The van der Waals surface area contributed by atoms with Crippen molar-refractivity contribution in [1.29, 1.82) is 0 Å². The maximum Gasteiger partial charge on any atom is 0.433 e. The molecule has 0 fully saturated rings. The van der Waals surface area contributed by atoms with Crippen molar-refractivity contribution in [1.82, 2.24) is 29.6 Å². The summed E-state index contributed by atoms with van der Waals surface area (Å²) in [5, 5.41) is 9.77. The van der Waals surface area contributed by atoms with Gasteiger partial charge in [0.1, 0.15) is 17.8 Å². The number of fused-ring (bicyclic) bond motifs is 1. The molecular weight excluding hydrogens is 463 g/mol. The topological polar surface area (TPSA) is 98.9 Å². The van der Waals surface area contributed by atoms with E-state index in [1.54, 1.807) is 37.4 Å². The molecule has 0 unspecified atom stereocenters. The molecule has 174 valence electrons. The van der Waals surface area contributed by atoms with Gasteiger partial charge in [-0.3, -0.25) is 14.6 Å². The second-order valence-corrected chi connectivity index (χ2v) is 6.85. The Morgan fingerprint density at radius 2 is 1.94 bits per heavy atom. The summed E-state index contributed by atoms with van der Waals surface area (Å²) in [6, 6.07) is 8.58. The fourth-order valence-electron chi connectivity index (χ4n) is 3.16. The van der Waals surface area contributed by atoms with Gasteiger partial charge in [-0.05, 0) is 31.3 Å². The number of nitrogens with zero attached hydrogens (tertiary/aromatic N) is 5. The first-order valence-electron chi connectivity index (χ1n) is 9.41. The Morgan fingerprint density at radius 3 is 2.64 bits per heavy atom. The number of benzene rings is 1. The Bertz CT molecular complexity index is 1290. The number of aromatic nitrogens is 5. The van der Waals surface area contributed by atoms with E-state index in [9.17, 15) is 18.0 Å². The van der Waals surface area contributed by atoms with Crippen LogP contribution >= 0.6 is 12.4 Å². The number of carbonyl (C=O) groups excluding carboxylic acids is 1. The summed E-state index contributed by atoms with van der Waals surface area (Å²) >= 11 is 0. The summed E-state index contributed by atoms with van der Waals surface area (Å²) in [5.74, 6) is 0.675. The summed E-state index contributed by atoms with van der Waals surface area (Å²) in [6.07, 6.45) is -1.66. The summed E-state index contributed by atoms with van der Waals surface area (Å²) in [6.45, 7) is 0.566. The second-order valence-electron chi connectivity index (χ2n) is 6.85. The summed E-state index contributed by atoms with van der Waals surface area (Å²) < 4.78 is 46.5. The number of alkyl halides is 3. The zero-order valence-corrected chi connectivity index (χ0v) is 18.2. The minimum atomic E-state index is -4.57. The number of rotatable bonds is 5. The minimum Gasteiger partial charge on any atom is -0.439 e. The number of carbonyl (C=O) groups is 1. The first kappa shape index (κ1) is 24.0. The molecule has 13 heteroatoms. The van der Waals surface area contributed by atoms with Gasteiger partial charge >= 0.3 is 12.2 Å². The van der Waals surface area contributed by atoms with Gasteiger partial charge in [0.2, 0.25) is 5.88 Å². The maximum atomic E-state index is 12.9. The Labute approximate surface area is 192 Å². The molecule has 0 aliphatic carbocycles. The van der Waals surface area contributed by atoms with Crippen molar-refractivity contribution < 1.29 is 22.7 Å². The van der Waals surface area contributed by atoms with Crippen molar-refractivity contribution in [3.05, 3.63) is 60.3 Å². The largest absolute Gasteiger partial charge is 0.439 e. The van der Waals surface area contributed by atoms with E-state index in [4.69, 9.17) is 4.74 Å². The highest BCUT2D eigenvalue weighted by atomic mass is 35.5. The third-order valence-electron chi connectivity index (χ3n) is 4.56. The Kier molecular flexibility index (Phi) is 6.89. The van der Waals surface area contributed by atoms with Crippen LogP contribution < -0.4 is 15.4 Å². The fraction of sp³-hybridized carbons (Fsp3) is 0.200. The van der Waals surface area contributed by atoms with E-state index in [0.717, 1.165) is 18.8 Å². The van der Waals surface area contributed by atoms with Gasteiger partial charge in [-0.15, -0.1) is 12.4 Å². The molecular formula is C20H19ClF3N7O2. The van der Waals surface area contributed by atoms with Crippen LogP contribution in [0.3, 0.4) is 0 Å². The standard InChI is InChI=1S/C20H18F3N7O2.ClH/c1-24-10-13-8-18(26-11-25-13)32-14-3-4-15-12(7-14)5-6-30(15)19(31)27-17-9-16(20(21,22)23)29(2)28-17;/h3-9,11,24H,10H2,1-2H3,(H,27,28,31);1H. The molecule has 2 N–H and O–H groups in total. The van der Waals surface area contributed by atoms with E-state index in [1.807, 2.05) is 0 Å². The van der Waals surface area contributed by atoms with Crippen LogP contribution in [0.1, 0.15) is 11.4 Å². The van der Waals surface area contributed by atoms with Crippen molar-refractivity contribution in [3.63, 3.8) is 0 Å². The molecule has 0 aliphatic heterocycles. The monoisotopic (exact) mass is 481 g/mol. The van der Waals surface area contributed by atoms with Crippen molar-refractivity contribution >= 4 is 35.2 Å². The Balaban J connectivity index is 0.00000306. The van der Waals surface area contributed by atoms with Crippen LogP contribution in [-0.2, 0) is 19.8 Å². The van der Waals surface area contributed by atoms with Gasteiger partial charge in [0, 0.05) is 37.3 Å². The SMILES string of the molecule is CNCc1cc(Oc2ccc3c(ccn3C(=O)Nc3cc(C(F)(F)F)n(C)n3)c2)ncn1.Cl. The highest BCUT2D eigenvalue weighted by molar-refractivity contribution is 5.98. The maximum absolute atomic E-state index is 12.9. The number of halogens is 4. The Hall–Kier alpha value is -3.64.